The summed E-state index contributed by atoms with van der Waals surface area (Å²) in [5.74, 6) is -1.69. The molecule has 1 aromatic rings. The van der Waals surface area contributed by atoms with E-state index < -0.39 is 24.0 Å². The molecule has 0 aliphatic carbocycles. The molecule has 0 spiro atoms. The van der Waals surface area contributed by atoms with Crippen molar-refractivity contribution in [3.8, 4) is 0 Å². The maximum atomic E-state index is 11.1. The predicted molar refractivity (Wildman–Crippen MR) is 84.7 cm³/mol. The van der Waals surface area contributed by atoms with Crippen LogP contribution in [0.25, 0.3) is 0 Å². The fraction of sp³-hybridized carbons (Fsp3) is 0.615. The van der Waals surface area contributed by atoms with Crippen LogP contribution in [0.1, 0.15) is 33.6 Å². The molecule has 0 saturated carbocycles. The molecular weight excluding hydrogens is 304 g/mol. The summed E-state index contributed by atoms with van der Waals surface area (Å²) in [5.41, 5.74) is 0. The molecule has 23 heavy (non-hydrogen) atoms. The maximum Gasteiger partial charge on any atom is 0.326 e. The highest BCUT2D eigenvalue weighted by molar-refractivity contribution is 5.77. The van der Waals surface area contributed by atoms with Crippen LogP contribution < -0.4 is 16.0 Å². The zero-order valence-electron chi connectivity index (χ0n) is 13.3. The molecule has 2 unspecified atom stereocenters. The van der Waals surface area contributed by atoms with Gasteiger partial charge in [-0.05, 0) is 19.8 Å². The van der Waals surface area contributed by atoms with E-state index in [2.05, 4.69) is 30.9 Å². The van der Waals surface area contributed by atoms with Gasteiger partial charge in [-0.15, -0.1) is 0 Å². The molecule has 10 heteroatoms. The van der Waals surface area contributed by atoms with Gasteiger partial charge >= 0.3 is 11.9 Å². The van der Waals surface area contributed by atoms with Crippen LogP contribution in [0.15, 0.2) is 0 Å². The lowest BCUT2D eigenvalue weighted by Gasteiger charge is -2.16. The molecule has 0 aliphatic heterocycles. The molecule has 1 heterocycles. The first kappa shape index (κ1) is 18.4. The number of anilines is 3. The van der Waals surface area contributed by atoms with Crippen LogP contribution in [-0.2, 0) is 9.59 Å². The minimum Gasteiger partial charge on any atom is -0.480 e. The number of rotatable bonds is 10. The number of hydrogen-bond acceptors (Lipinski definition) is 8. The monoisotopic (exact) mass is 326 g/mol. The maximum absolute atomic E-state index is 11.1. The first-order chi connectivity index (χ1) is 10.9. The van der Waals surface area contributed by atoms with Gasteiger partial charge in [0, 0.05) is 6.54 Å². The van der Waals surface area contributed by atoms with Crippen molar-refractivity contribution in [3.63, 3.8) is 0 Å². The average molecular weight is 326 g/mol. The van der Waals surface area contributed by atoms with Gasteiger partial charge in [-0.1, -0.05) is 13.8 Å². The molecule has 0 aliphatic rings. The molecular formula is C13H22N6O4. The number of nitrogens with zero attached hydrogens (tertiary/aromatic N) is 3. The Labute approximate surface area is 133 Å². The van der Waals surface area contributed by atoms with E-state index in [1.807, 2.05) is 6.92 Å². The van der Waals surface area contributed by atoms with Crippen molar-refractivity contribution >= 4 is 29.8 Å². The second-order valence-corrected chi connectivity index (χ2v) is 4.72. The summed E-state index contributed by atoms with van der Waals surface area (Å²) < 4.78 is 0. The van der Waals surface area contributed by atoms with Gasteiger partial charge in [0.05, 0.1) is 0 Å². The molecule has 10 nitrogen and oxygen atoms in total. The van der Waals surface area contributed by atoms with Crippen molar-refractivity contribution in [2.24, 2.45) is 0 Å². The second-order valence-electron chi connectivity index (χ2n) is 4.72. The van der Waals surface area contributed by atoms with Gasteiger partial charge < -0.3 is 26.2 Å². The van der Waals surface area contributed by atoms with Gasteiger partial charge in [0.1, 0.15) is 12.1 Å². The van der Waals surface area contributed by atoms with Gasteiger partial charge in [-0.25, -0.2) is 9.59 Å². The van der Waals surface area contributed by atoms with Crippen LogP contribution in [0.3, 0.4) is 0 Å². The van der Waals surface area contributed by atoms with Crippen molar-refractivity contribution < 1.29 is 19.8 Å². The number of aliphatic carboxylic acids is 2. The number of aromatic nitrogens is 3. The molecule has 0 bridgehead atoms. The average Bonchev–Trinajstić information content (AvgIpc) is 2.49. The lowest BCUT2D eigenvalue weighted by atomic mass is 10.2. The summed E-state index contributed by atoms with van der Waals surface area (Å²) >= 11 is 0. The minimum absolute atomic E-state index is 0.0629. The van der Waals surface area contributed by atoms with Crippen molar-refractivity contribution in [3.05, 3.63) is 0 Å². The quantitative estimate of drug-likeness (QED) is 0.419. The standard InChI is InChI=1S/C13H22N6O4/c1-4-7(9(20)21)15-12-17-11(14-6-3)18-13(19-12)16-8(5-2)10(22)23/h7-8H,4-6H2,1-3H3,(H,20,21)(H,22,23)(H3,14,15,16,17,18,19). The largest absolute Gasteiger partial charge is 0.480 e. The summed E-state index contributed by atoms with van der Waals surface area (Å²) in [6.45, 7) is 5.83. The highest BCUT2D eigenvalue weighted by atomic mass is 16.4. The fourth-order valence-corrected chi connectivity index (χ4v) is 1.73. The van der Waals surface area contributed by atoms with Crippen LogP contribution >= 0.6 is 0 Å². The highest BCUT2D eigenvalue weighted by Crippen LogP contribution is 2.13. The fourth-order valence-electron chi connectivity index (χ4n) is 1.73. The molecule has 0 saturated heterocycles. The number of carbonyl (C=O) groups is 2. The molecule has 2 atom stereocenters. The van der Waals surface area contributed by atoms with E-state index in [0.717, 1.165) is 0 Å². The van der Waals surface area contributed by atoms with E-state index in [-0.39, 0.29) is 17.8 Å². The van der Waals surface area contributed by atoms with Gasteiger partial charge in [-0.2, -0.15) is 15.0 Å². The zero-order valence-corrected chi connectivity index (χ0v) is 13.3. The SMILES string of the molecule is CCNc1nc(NC(CC)C(=O)O)nc(NC(CC)C(=O)O)n1. The van der Waals surface area contributed by atoms with E-state index in [0.29, 0.717) is 19.4 Å². The second kappa shape index (κ2) is 8.71. The number of carboxylic acid groups (broad SMARTS) is 2. The van der Waals surface area contributed by atoms with Crippen LogP contribution in [0.2, 0.25) is 0 Å². The lowest BCUT2D eigenvalue weighted by Crippen LogP contribution is -2.31. The Morgan fingerprint density at radius 1 is 0.870 bits per heavy atom. The van der Waals surface area contributed by atoms with Crippen LogP contribution in [0.5, 0.6) is 0 Å². The van der Waals surface area contributed by atoms with E-state index in [4.69, 9.17) is 10.2 Å². The van der Waals surface area contributed by atoms with Crippen LogP contribution in [-0.4, -0.2) is 55.7 Å². The molecule has 1 rings (SSSR count). The Hall–Kier alpha value is -2.65. The van der Waals surface area contributed by atoms with Crippen molar-refractivity contribution in [1.29, 1.82) is 0 Å². The Bertz CT molecular complexity index is 511. The van der Waals surface area contributed by atoms with Crippen molar-refractivity contribution in [1.82, 2.24) is 15.0 Å². The summed E-state index contributed by atoms with van der Waals surface area (Å²) in [5, 5.41) is 26.5. The molecule has 5 N–H and O–H groups in total. The summed E-state index contributed by atoms with van der Waals surface area (Å²) in [6, 6.07) is -1.69. The van der Waals surface area contributed by atoms with E-state index in [1.165, 1.54) is 0 Å². The normalized spacial score (nSPS) is 13.0. The van der Waals surface area contributed by atoms with Crippen molar-refractivity contribution in [2.45, 2.75) is 45.7 Å². The van der Waals surface area contributed by atoms with Gasteiger partial charge in [-0.3, -0.25) is 0 Å². The molecule has 1 aromatic heterocycles. The first-order valence-corrected chi connectivity index (χ1v) is 7.39. The van der Waals surface area contributed by atoms with E-state index in [9.17, 15) is 9.59 Å². The van der Waals surface area contributed by atoms with Gasteiger partial charge in [0.2, 0.25) is 17.8 Å². The summed E-state index contributed by atoms with van der Waals surface area (Å²) in [7, 11) is 0. The molecule has 0 aromatic carbocycles. The number of nitrogens with one attached hydrogen (secondary N) is 3. The predicted octanol–water partition coefficient (Wildman–Crippen LogP) is 0.854. The zero-order chi connectivity index (χ0) is 17.4. The molecule has 0 fully saturated rings. The van der Waals surface area contributed by atoms with Gasteiger partial charge in [0.25, 0.3) is 0 Å². The van der Waals surface area contributed by atoms with Crippen molar-refractivity contribution in [2.75, 3.05) is 22.5 Å². The molecule has 128 valence electrons. The summed E-state index contributed by atoms with van der Waals surface area (Å²) in [4.78, 5) is 34.4. The topological polar surface area (TPSA) is 149 Å². The lowest BCUT2D eigenvalue weighted by molar-refractivity contribution is -0.138. The van der Waals surface area contributed by atoms with Gasteiger partial charge in [0.15, 0.2) is 0 Å². The molecule has 0 amide bonds. The Morgan fingerprint density at radius 2 is 1.26 bits per heavy atom. The number of carboxylic acids is 2. The Morgan fingerprint density at radius 3 is 1.57 bits per heavy atom. The van der Waals surface area contributed by atoms with Crippen LogP contribution in [0, 0.1) is 0 Å². The Kier molecular flexibility index (Phi) is 6.97. The molecule has 0 radical (unpaired) electrons. The summed E-state index contributed by atoms with van der Waals surface area (Å²) in [6.07, 6.45) is 0.681. The Balaban J connectivity index is 3.06. The third kappa shape index (κ3) is 5.57. The highest BCUT2D eigenvalue weighted by Gasteiger charge is 2.19. The van der Waals surface area contributed by atoms with Crippen LogP contribution in [0.4, 0.5) is 17.8 Å². The first-order valence-electron chi connectivity index (χ1n) is 7.39. The minimum atomic E-state index is -1.02. The van der Waals surface area contributed by atoms with E-state index in [1.54, 1.807) is 13.8 Å². The third-order valence-corrected chi connectivity index (χ3v) is 2.99. The van der Waals surface area contributed by atoms with E-state index >= 15 is 0 Å². The number of hydrogen-bond donors (Lipinski definition) is 5. The smallest absolute Gasteiger partial charge is 0.326 e. The third-order valence-electron chi connectivity index (χ3n) is 2.99.